The first-order valence-electron chi connectivity index (χ1n) is 6.52. The van der Waals surface area contributed by atoms with Gasteiger partial charge in [0.25, 0.3) is 0 Å². The molecule has 1 aliphatic rings. The van der Waals surface area contributed by atoms with Crippen molar-refractivity contribution in [2.45, 2.75) is 44.1 Å². The number of hydrogen-bond donors (Lipinski definition) is 1. The van der Waals surface area contributed by atoms with Gasteiger partial charge in [0.05, 0.1) is 0 Å². The van der Waals surface area contributed by atoms with Crippen LogP contribution < -0.4 is 5.32 Å². The molecule has 2 rings (SSSR count). The molecule has 1 nitrogen and oxygen atoms in total. The maximum absolute atomic E-state index is 13.2. The second-order valence-corrected chi connectivity index (χ2v) is 5.49. The van der Waals surface area contributed by atoms with Gasteiger partial charge in [-0.2, -0.15) is 26.3 Å². The highest BCUT2D eigenvalue weighted by Gasteiger charge is 2.72. The summed E-state index contributed by atoms with van der Waals surface area (Å²) in [7, 11) is 0. The Labute approximate surface area is 118 Å². The Morgan fingerprint density at radius 1 is 1.05 bits per heavy atom. The van der Waals surface area contributed by atoms with E-state index in [0.29, 0.717) is 0 Å². The number of nitrogens with one attached hydrogen (secondary N) is 1. The fraction of sp³-hybridized carbons (Fsp3) is 0.571. The van der Waals surface area contributed by atoms with Crippen molar-refractivity contribution in [3.63, 3.8) is 0 Å². The zero-order valence-corrected chi connectivity index (χ0v) is 11.5. The summed E-state index contributed by atoms with van der Waals surface area (Å²) >= 11 is 0. The van der Waals surface area contributed by atoms with Crippen LogP contribution in [0.4, 0.5) is 26.3 Å². The smallest absolute Gasteiger partial charge is 0.292 e. The Balaban J connectivity index is 2.69. The summed E-state index contributed by atoms with van der Waals surface area (Å²) in [6.45, 7) is 3.31. The van der Waals surface area contributed by atoms with Crippen molar-refractivity contribution in [3.05, 3.63) is 34.9 Å². The van der Waals surface area contributed by atoms with Crippen molar-refractivity contribution in [1.29, 1.82) is 0 Å². The Bertz CT molecular complexity index is 515. The monoisotopic (exact) mass is 311 g/mol. The van der Waals surface area contributed by atoms with Crippen molar-refractivity contribution in [2.24, 2.45) is 0 Å². The van der Waals surface area contributed by atoms with Crippen LogP contribution in [0, 0.1) is 0 Å². The lowest BCUT2D eigenvalue weighted by Gasteiger charge is -2.42. The van der Waals surface area contributed by atoms with Crippen molar-refractivity contribution in [2.75, 3.05) is 6.54 Å². The van der Waals surface area contributed by atoms with E-state index in [-0.39, 0.29) is 24.4 Å². The molecule has 0 saturated carbocycles. The van der Waals surface area contributed by atoms with Gasteiger partial charge in [-0.05, 0) is 29.0 Å². The summed E-state index contributed by atoms with van der Waals surface area (Å²) in [6.07, 6.45) is -10.8. The predicted molar refractivity (Wildman–Crippen MR) is 66.0 cm³/mol. The fourth-order valence-electron chi connectivity index (χ4n) is 2.69. The van der Waals surface area contributed by atoms with Crippen molar-refractivity contribution < 1.29 is 26.3 Å². The number of hydrogen-bond acceptors (Lipinski definition) is 1. The molecule has 1 aromatic rings. The molecule has 0 atom stereocenters. The van der Waals surface area contributed by atoms with Gasteiger partial charge in [-0.25, -0.2) is 0 Å². The van der Waals surface area contributed by atoms with Gasteiger partial charge in [0.1, 0.15) is 0 Å². The summed E-state index contributed by atoms with van der Waals surface area (Å²) < 4.78 is 79.5. The molecule has 0 bridgehead atoms. The molecular weight excluding hydrogens is 296 g/mol. The molecule has 1 heterocycles. The lowest BCUT2D eigenvalue weighted by molar-refractivity contribution is -0.315. The van der Waals surface area contributed by atoms with Gasteiger partial charge < -0.3 is 0 Å². The Kier molecular flexibility index (Phi) is 3.76. The summed E-state index contributed by atoms with van der Waals surface area (Å²) in [5.41, 5.74) is -3.88. The molecule has 0 aliphatic carbocycles. The SMILES string of the molecule is CC(C)c1ccc2c(c1)CCNC2(C(F)(F)F)C(F)(F)F. The van der Waals surface area contributed by atoms with E-state index in [9.17, 15) is 26.3 Å². The molecule has 0 saturated heterocycles. The first-order chi connectivity index (χ1) is 9.50. The number of alkyl halides is 6. The molecule has 21 heavy (non-hydrogen) atoms. The van der Waals surface area contributed by atoms with Crippen LogP contribution in [0.15, 0.2) is 18.2 Å². The van der Waals surface area contributed by atoms with Crippen LogP contribution in [0.25, 0.3) is 0 Å². The number of halogens is 6. The van der Waals surface area contributed by atoms with Crippen LogP contribution in [-0.2, 0) is 12.0 Å². The predicted octanol–water partition coefficient (Wildman–Crippen LogP) is 4.28. The molecule has 1 N–H and O–H groups in total. The Morgan fingerprint density at radius 3 is 2.10 bits per heavy atom. The zero-order chi connectivity index (χ0) is 16.1. The molecule has 7 heteroatoms. The molecular formula is C14H15F6N. The third-order valence-electron chi connectivity index (χ3n) is 3.83. The highest BCUT2D eigenvalue weighted by Crippen LogP contribution is 2.52. The maximum atomic E-state index is 13.2. The van der Waals surface area contributed by atoms with E-state index < -0.39 is 23.5 Å². The van der Waals surface area contributed by atoms with Crippen molar-refractivity contribution in [3.8, 4) is 0 Å². The summed E-state index contributed by atoms with van der Waals surface area (Å²) in [6, 6.07) is 3.74. The van der Waals surface area contributed by atoms with Gasteiger partial charge in [-0.1, -0.05) is 32.0 Å². The second kappa shape index (κ2) is 4.90. The van der Waals surface area contributed by atoms with Crippen molar-refractivity contribution in [1.82, 2.24) is 5.32 Å². The van der Waals surface area contributed by atoms with Gasteiger partial charge in [-0.3, -0.25) is 5.32 Å². The number of benzene rings is 1. The highest BCUT2D eigenvalue weighted by molar-refractivity contribution is 5.42. The molecule has 0 fully saturated rings. The van der Waals surface area contributed by atoms with Crippen LogP contribution >= 0.6 is 0 Å². The Hall–Kier alpha value is -1.24. The fourth-order valence-corrected chi connectivity index (χ4v) is 2.69. The summed E-state index contributed by atoms with van der Waals surface area (Å²) in [5, 5.41) is 1.67. The standard InChI is InChI=1S/C14H15F6N/c1-8(2)9-3-4-11-10(7-9)5-6-21-12(11,13(15,16)17)14(18,19)20/h3-4,7-8,21H,5-6H2,1-2H3. The van der Waals surface area contributed by atoms with E-state index >= 15 is 0 Å². The summed E-state index contributed by atoms with van der Waals surface area (Å²) in [4.78, 5) is 0. The Morgan fingerprint density at radius 2 is 1.62 bits per heavy atom. The van der Waals surface area contributed by atoms with Gasteiger partial charge in [-0.15, -0.1) is 0 Å². The van der Waals surface area contributed by atoms with Crippen LogP contribution in [-0.4, -0.2) is 18.9 Å². The van der Waals surface area contributed by atoms with Gasteiger partial charge in [0.2, 0.25) is 5.54 Å². The molecule has 1 aromatic carbocycles. The topological polar surface area (TPSA) is 12.0 Å². The molecule has 0 spiro atoms. The third kappa shape index (κ3) is 2.41. The first kappa shape index (κ1) is 16.1. The zero-order valence-electron chi connectivity index (χ0n) is 11.5. The van der Waals surface area contributed by atoms with Crippen LogP contribution in [0.3, 0.4) is 0 Å². The lowest BCUT2D eigenvalue weighted by Crippen LogP contribution is -2.65. The second-order valence-electron chi connectivity index (χ2n) is 5.49. The number of rotatable bonds is 1. The van der Waals surface area contributed by atoms with E-state index in [1.807, 2.05) is 13.8 Å². The highest BCUT2D eigenvalue weighted by atomic mass is 19.4. The normalized spacial score (nSPS) is 18.7. The quantitative estimate of drug-likeness (QED) is 0.764. The van der Waals surface area contributed by atoms with E-state index in [0.717, 1.165) is 11.6 Å². The largest absolute Gasteiger partial charge is 0.419 e. The summed E-state index contributed by atoms with van der Waals surface area (Å²) in [5.74, 6) is 0.0383. The lowest BCUT2D eigenvalue weighted by atomic mass is 9.79. The number of fused-ring (bicyclic) bond motifs is 1. The molecule has 1 aliphatic heterocycles. The molecule has 118 valence electrons. The molecule has 0 radical (unpaired) electrons. The van der Waals surface area contributed by atoms with Crippen LogP contribution in [0.2, 0.25) is 0 Å². The molecule has 0 amide bonds. The van der Waals surface area contributed by atoms with Gasteiger partial charge in [0.15, 0.2) is 0 Å². The van der Waals surface area contributed by atoms with Crippen LogP contribution in [0.5, 0.6) is 0 Å². The van der Waals surface area contributed by atoms with Gasteiger partial charge in [0, 0.05) is 6.54 Å². The van der Waals surface area contributed by atoms with Crippen molar-refractivity contribution >= 4 is 0 Å². The van der Waals surface area contributed by atoms with E-state index in [1.54, 1.807) is 5.32 Å². The van der Waals surface area contributed by atoms with Crippen LogP contribution in [0.1, 0.15) is 36.5 Å². The first-order valence-corrected chi connectivity index (χ1v) is 6.52. The van der Waals surface area contributed by atoms with Gasteiger partial charge >= 0.3 is 12.4 Å². The average molecular weight is 311 g/mol. The minimum absolute atomic E-state index is 0.0383. The van der Waals surface area contributed by atoms with E-state index in [4.69, 9.17) is 0 Å². The average Bonchev–Trinajstić information content (AvgIpc) is 2.34. The molecule has 0 aromatic heterocycles. The van der Waals surface area contributed by atoms with E-state index in [1.165, 1.54) is 12.1 Å². The minimum Gasteiger partial charge on any atom is -0.292 e. The minimum atomic E-state index is -5.46. The molecule has 0 unspecified atom stereocenters. The third-order valence-corrected chi connectivity index (χ3v) is 3.83. The van der Waals surface area contributed by atoms with E-state index in [2.05, 4.69) is 0 Å². The maximum Gasteiger partial charge on any atom is 0.419 e.